The molecule has 1 saturated heterocycles. The van der Waals surface area contributed by atoms with E-state index in [-0.39, 0.29) is 18.0 Å². The minimum Gasteiger partial charge on any atom is -0.466 e. The number of carbonyl (C=O) groups is 2. The third kappa shape index (κ3) is 8.60. The summed E-state index contributed by atoms with van der Waals surface area (Å²) in [7, 11) is 0. The number of carbonyl (C=O) groups excluding carboxylic acids is 2. The van der Waals surface area contributed by atoms with Gasteiger partial charge >= 0.3 is 11.9 Å². The number of hydrogen-bond donors (Lipinski definition) is 1. The molecule has 1 heterocycles. The number of hydroxylamine groups is 2. The molecule has 0 spiro atoms. The molecule has 158 valence electrons. The summed E-state index contributed by atoms with van der Waals surface area (Å²) in [6, 6.07) is 0. The maximum Gasteiger partial charge on any atom is 0.306 e. The highest BCUT2D eigenvalue weighted by Crippen LogP contribution is 2.38. The zero-order valence-electron chi connectivity index (χ0n) is 17.9. The monoisotopic (exact) mass is 385 g/mol. The minimum atomic E-state index is -0.406. The summed E-state index contributed by atoms with van der Waals surface area (Å²) >= 11 is 0. The fourth-order valence-corrected chi connectivity index (χ4v) is 3.99. The first-order valence-corrected chi connectivity index (χ1v) is 10.4. The Labute approximate surface area is 164 Å². The van der Waals surface area contributed by atoms with Crippen molar-refractivity contribution in [3.05, 3.63) is 0 Å². The third-order valence-electron chi connectivity index (χ3n) is 5.22. The Morgan fingerprint density at radius 3 is 1.81 bits per heavy atom. The van der Waals surface area contributed by atoms with Gasteiger partial charge in [-0.05, 0) is 47.5 Å². The van der Waals surface area contributed by atoms with Crippen molar-refractivity contribution in [1.82, 2.24) is 5.06 Å². The van der Waals surface area contributed by atoms with Crippen LogP contribution in [-0.2, 0) is 19.1 Å². The second-order valence-electron chi connectivity index (χ2n) is 8.88. The molecule has 0 atom stereocenters. The molecule has 0 unspecified atom stereocenters. The van der Waals surface area contributed by atoms with Crippen LogP contribution in [0.5, 0.6) is 0 Å². The van der Waals surface area contributed by atoms with Crippen molar-refractivity contribution in [1.29, 1.82) is 0 Å². The Morgan fingerprint density at radius 1 is 0.889 bits per heavy atom. The SMILES string of the molecule is CCOC(=O)CCCCCCCCC(=O)OC1CC(C)(C)N(O)C(C)(C)C1. The maximum atomic E-state index is 12.1. The molecule has 0 aliphatic carbocycles. The molecule has 1 rings (SSSR count). The molecule has 1 fully saturated rings. The molecule has 27 heavy (non-hydrogen) atoms. The van der Waals surface area contributed by atoms with Gasteiger partial charge in [-0.15, -0.1) is 0 Å². The van der Waals surface area contributed by atoms with Crippen LogP contribution in [-0.4, -0.2) is 46.0 Å². The Hall–Kier alpha value is -1.14. The summed E-state index contributed by atoms with van der Waals surface area (Å²) in [5.41, 5.74) is -0.813. The molecule has 1 aliphatic rings. The zero-order valence-corrected chi connectivity index (χ0v) is 17.9. The highest BCUT2D eigenvalue weighted by molar-refractivity contribution is 5.69. The van der Waals surface area contributed by atoms with Gasteiger partial charge in [0.15, 0.2) is 0 Å². The molecule has 6 nitrogen and oxygen atoms in total. The van der Waals surface area contributed by atoms with Gasteiger partial charge in [0.1, 0.15) is 6.10 Å². The summed E-state index contributed by atoms with van der Waals surface area (Å²) in [6.07, 6.45) is 7.95. The van der Waals surface area contributed by atoms with Crippen LogP contribution in [0, 0.1) is 0 Å². The first kappa shape index (κ1) is 23.9. The molecule has 1 aliphatic heterocycles. The number of hydrogen-bond acceptors (Lipinski definition) is 6. The predicted octanol–water partition coefficient (Wildman–Crippen LogP) is 4.62. The van der Waals surface area contributed by atoms with E-state index in [1.165, 1.54) is 5.06 Å². The van der Waals surface area contributed by atoms with Gasteiger partial charge in [0.25, 0.3) is 0 Å². The Morgan fingerprint density at radius 2 is 1.33 bits per heavy atom. The van der Waals surface area contributed by atoms with Gasteiger partial charge in [-0.3, -0.25) is 9.59 Å². The zero-order chi connectivity index (χ0) is 20.5. The lowest BCUT2D eigenvalue weighted by molar-refractivity contribution is -0.259. The van der Waals surface area contributed by atoms with Crippen molar-refractivity contribution in [3.8, 4) is 0 Å². The molecule has 0 aromatic rings. The van der Waals surface area contributed by atoms with Crippen molar-refractivity contribution < 1.29 is 24.3 Å². The van der Waals surface area contributed by atoms with Crippen LogP contribution in [0.2, 0.25) is 0 Å². The largest absolute Gasteiger partial charge is 0.466 e. The highest BCUT2D eigenvalue weighted by atomic mass is 16.5. The van der Waals surface area contributed by atoms with Crippen molar-refractivity contribution in [3.63, 3.8) is 0 Å². The second kappa shape index (κ2) is 11.0. The number of rotatable bonds is 11. The lowest BCUT2D eigenvalue weighted by atomic mass is 9.80. The van der Waals surface area contributed by atoms with E-state index in [4.69, 9.17) is 9.47 Å². The fraction of sp³-hybridized carbons (Fsp3) is 0.905. The Balaban J connectivity index is 2.13. The van der Waals surface area contributed by atoms with Gasteiger partial charge in [0.2, 0.25) is 0 Å². The number of nitrogens with zero attached hydrogens (tertiary/aromatic N) is 1. The highest BCUT2D eigenvalue weighted by Gasteiger charge is 2.46. The van der Waals surface area contributed by atoms with Gasteiger partial charge in [-0.2, -0.15) is 5.06 Å². The van der Waals surface area contributed by atoms with Crippen LogP contribution in [0.1, 0.15) is 98.8 Å². The maximum absolute atomic E-state index is 12.1. The van der Waals surface area contributed by atoms with Crippen LogP contribution < -0.4 is 0 Å². The summed E-state index contributed by atoms with van der Waals surface area (Å²) in [5.74, 6) is -0.251. The van der Waals surface area contributed by atoms with E-state index >= 15 is 0 Å². The van der Waals surface area contributed by atoms with Crippen molar-refractivity contribution in [2.45, 2.75) is 116 Å². The van der Waals surface area contributed by atoms with Gasteiger partial charge in [0, 0.05) is 36.8 Å². The fourth-order valence-electron chi connectivity index (χ4n) is 3.99. The first-order valence-electron chi connectivity index (χ1n) is 10.4. The first-order chi connectivity index (χ1) is 12.6. The molecule has 0 aromatic carbocycles. The van der Waals surface area contributed by atoms with Crippen LogP contribution in [0.25, 0.3) is 0 Å². The normalized spacial score (nSPS) is 19.6. The third-order valence-corrected chi connectivity index (χ3v) is 5.22. The van der Waals surface area contributed by atoms with Gasteiger partial charge in [-0.25, -0.2) is 0 Å². The molecule has 6 heteroatoms. The second-order valence-corrected chi connectivity index (χ2v) is 8.88. The standard InChI is InChI=1S/C21H39NO5/c1-6-26-18(23)13-11-9-7-8-10-12-14-19(24)27-17-15-20(2,3)22(25)21(4,5)16-17/h17,25H,6-16H2,1-5H3. The van der Waals surface area contributed by atoms with Crippen LogP contribution in [0.4, 0.5) is 0 Å². The molecule has 0 amide bonds. The van der Waals surface area contributed by atoms with E-state index in [9.17, 15) is 14.8 Å². The van der Waals surface area contributed by atoms with Crippen molar-refractivity contribution in [2.75, 3.05) is 6.61 Å². The summed E-state index contributed by atoms with van der Waals surface area (Å²) in [4.78, 5) is 23.4. The van der Waals surface area contributed by atoms with Crippen LogP contribution >= 0.6 is 0 Å². The molecular formula is C21H39NO5. The van der Waals surface area contributed by atoms with E-state index < -0.39 is 11.1 Å². The van der Waals surface area contributed by atoms with Crippen molar-refractivity contribution in [2.24, 2.45) is 0 Å². The van der Waals surface area contributed by atoms with Gasteiger partial charge in [0.05, 0.1) is 6.61 Å². The average Bonchev–Trinajstić information content (AvgIpc) is 2.54. The molecule has 0 bridgehead atoms. The number of piperidine rings is 1. The minimum absolute atomic E-state index is 0.112. The molecule has 1 N–H and O–H groups in total. The van der Waals surface area contributed by atoms with E-state index in [0.29, 0.717) is 32.3 Å². The molecular weight excluding hydrogens is 346 g/mol. The van der Waals surface area contributed by atoms with E-state index in [2.05, 4.69) is 0 Å². The van der Waals surface area contributed by atoms with Crippen molar-refractivity contribution >= 4 is 11.9 Å². The summed E-state index contributed by atoms with van der Waals surface area (Å²) < 4.78 is 10.6. The smallest absolute Gasteiger partial charge is 0.306 e. The topological polar surface area (TPSA) is 76.1 Å². The van der Waals surface area contributed by atoms with E-state index in [0.717, 1.165) is 38.5 Å². The number of unbranched alkanes of at least 4 members (excludes halogenated alkanes) is 5. The number of esters is 2. The lowest BCUT2D eigenvalue weighted by Crippen LogP contribution is -2.60. The predicted molar refractivity (Wildman–Crippen MR) is 104 cm³/mol. The summed E-state index contributed by atoms with van der Waals surface area (Å²) in [6.45, 7) is 10.1. The van der Waals surface area contributed by atoms with Gasteiger partial charge in [-0.1, -0.05) is 25.7 Å². The van der Waals surface area contributed by atoms with Crippen LogP contribution in [0.15, 0.2) is 0 Å². The van der Waals surface area contributed by atoms with Gasteiger partial charge < -0.3 is 14.7 Å². The number of ether oxygens (including phenoxy) is 2. The Kier molecular flexibility index (Phi) is 9.74. The molecule has 0 radical (unpaired) electrons. The average molecular weight is 386 g/mol. The molecule has 0 saturated carbocycles. The van der Waals surface area contributed by atoms with Crippen LogP contribution in [0.3, 0.4) is 0 Å². The Bertz CT molecular complexity index is 457. The quantitative estimate of drug-likeness (QED) is 0.413. The van der Waals surface area contributed by atoms with E-state index in [1.807, 2.05) is 34.6 Å². The van der Waals surface area contributed by atoms with E-state index in [1.54, 1.807) is 0 Å². The molecule has 0 aromatic heterocycles. The lowest BCUT2D eigenvalue weighted by Gasteiger charge is -2.50. The summed E-state index contributed by atoms with van der Waals surface area (Å²) in [5, 5.41) is 11.7.